The molecule has 0 saturated carbocycles. The number of hydrogen-bond donors (Lipinski definition) is 2. The van der Waals surface area contributed by atoms with Gasteiger partial charge in [-0.15, -0.1) is 0 Å². The Labute approximate surface area is 127 Å². The number of nitrogens with one attached hydrogen (secondary N) is 1. The summed E-state index contributed by atoms with van der Waals surface area (Å²) >= 11 is 0. The Morgan fingerprint density at radius 3 is 2.52 bits per heavy atom. The standard InChI is InChI=1S/C17H27N3O/c1-2-3-10-20-11-8-16(9-12-20)19-17(21)15-6-4-14(13-18)5-7-15/h4-7,16H,2-3,8-13,18H2,1H3,(H,19,21). The molecular formula is C17H27N3O. The lowest BCUT2D eigenvalue weighted by Crippen LogP contribution is -2.44. The average molecular weight is 289 g/mol. The normalized spacial score (nSPS) is 16.9. The van der Waals surface area contributed by atoms with Gasteiger partial charge in [0, 0.05) is 31.2 Å². The molecular weight excluding hydrogens is 262 g/mol. The number of likely N-dealkylation sites (tertiary alicyclic amines) is 1. The van der Waals surface area contributed by atoms with Gasteiger partial charge in [0.05, 0.1) is 0 Å². The molecule has 0 bridgehead atoms. The van der Waals surface area contributed by atoms with Crippen LogP contribution in [0.5, 0.6) is 0 Å². The minimum atomic E-state index is 0.0329. The molecule has 0 unspecified atom stereocenters. The maximum atomic E-state index is 12.2. The molecule has 0 aliphatic carbocycles. The summed E-state index contributed by atoms with van der Waals surface area (Å²) in [6.07, 6.45) is 4.62. The van der Waals surface area contributed by atoms with Gasteiger partial charge in [0.2, 0.25) is 0 Å². The highest BCUT2D eigenvalue weighted by atomic mass is 16.1. The molecule has 1 aromatic carbocycles. The smallest absolute Gasteiger partial charge is 0.251 e. The van der Waals surface area contributed by atoms with E-state index in [2.05, 4.69) is 17.1 Å². The summed E-state index contributed by atoms with van der Waals surface area (Å²) in [6.45, 7) is 6.12. The van der Waals surface area contributed by atoms with Crippen LogP contribution < -0.4 is 11.1 Å². The molecule has 3 N–H and O–H groups in total. The molecule has 0 atom stereocenters. The number of carbonyl (C=O) groups is 1. The predicted molar refractivity (Wildman–Crippen MR) is 86.2 cm³/mol. The van der Waals surface area contributed by atoms with E-state index in [1.807, 2.05) is 24.3 Å². The van der Waals surface area contributed by atoms with Crippen LogP contribution in [-0.4, -0.2) is 36.5 Å². The number of piperidine rings is 1. The van der Waals surface area contributed by atoms with E-state index < -0.39 is 0 Å². The molecule has 1 fully saturated rings. The number of nitrogens with two attached hydrogens (primary N) is 1. The molecule has 1 saturated heterocycles. The Hall–Kier alpha value is -1.39. The maximum absolute atomic E-state index is 12.2. The zero-order valence-corrected chi connectivity index (χ0v) is 13.0. The number of rotatable bonds is 6. The summed E-state index contributed by atoms with van der Waals surface area (Å²) in [5.41, 5.74) is 7.34. The van der Waals surface area contributed by atoms with Crippen LogP contribution in [-0.2, 0) is 6.54 Å². The molecule has 21 heavy (non-hydrogen) atoms. The monoisotopic (exact) mass is 289 g/mol. The second-order valence-electron chi connectivity index (χ2n) is 5.84. The maximum Gasteiger partial charge on any atom is 0.251 e. The molecule has 116 valence electrons. The van der Waals surface area contributed by atoms with E-state index in [-0.39, 0.29) is 5.91 Å². The van der Waals surface area contributed by atoms with Crippen molar-refractivity contribution in [2.24, 2.45) is 5.73 Å². The first-order valence-corrected chi connectivity index (χ1v) is 8.05. The molecule has 1 aliphatic rings. The van der Waals surface area contributed by atoms with Crippen molar-refractivity contribution >= 4 is 5.91 Å². The average Bonchev–Trinajstić information content (AvgIpc) is 2.54. The molecule has 0 aromatic heterocycles. The van der Waals surface area contributed by atoms with Gasteiger partial charge in [0.25, 0.3) is 5.91 Å². The van der Waals surface area contributed by atoms with Gasteiger partial charge in [0.1, 0.15) is 0 Å². The first-order valence-electron chi connectivity index (χ1n) is 8.05. The highest BCUT2D eigenvalue weighted by Crippen LogP contribution is 2.12. The number of benzene rings is 1. The van der Waals surface area contributed by atoms with E-state index in [0.717, 1.165) is 37.1 Å². The van der Waals surface area contributed by atoms with E-state index in [4.69, 9.17) is 5.73 Å². The Bertz CT molecular complexity index is 436. The first kappa shape index (κ1) is 16.0. The molecule has 1 amide bonds. The Kier molecular flexibility index (Phi) is 6.21. The van der Waals surface area contributed by atoms with Crippen molar-refractivity contribution in [1.82, 2.24) is 10.2 Å². The number of amides is 1. The number of unbranched alkanes of at least 4 members (excludes halogenated alkanes) is 1. The quantitative estimate of drug-likeness (QED) is 0.843. The van der Waals surface area contributed by atoms with Crippen LogP contribution in [0.4, 0.5) is 0 Å². The Morgan fingerprint density at radius 2 is 1.95 bits per heavy atom. The Morgan fingerprint density at radius 1 is 1.29 bits per heavy atom. The van der Waals surface area contributed by atoms with Crippen molar-refractivity contribution in [3.8, 4) is 0 Å². The fourth-order valence-corrected chi connectivity index (χ4v) is 2.74. The van der Waals surface area contributed by atoms with E-state index in [9.17, 15) is 4.79 Å². The number of nitrogens with zero attached hydrogens (tertiary/aromatic N) is 1. The molecule has 0 spiro atoms. The summed E-state index contributed by atoms with van der Waals surface area (Å²) in [5.74, 6) is 0.0329. The zero-order valence-electron chi connectivity index (χ0n) is 13.0. The van der Waals surface area contributed by atoms with Crippen molar-refractivity contribution in [1.29, 1.82) is 0 Å². The van der Waals surface area contributed by atoms with Crippen molar-refractivity contribution in [3.63, 3.8) is 0 Å². The van der Waals surface area contributed by atoms with Crippen LogP contribution >= 0.6 is 0 Å². The molecule has 4 heteroatoms. The second kappa shape index (κ2) is 8.15. The minimum Gasteiger partial charge on any atom is -0.349 e. The lowest BCUT2D eigenvalue weighted by atomic mass is 10.0. The van der Waals surface area contributed by atoms with Gasteiger partial charge in [-0.1, -0.05) is 25.5 Å². The predicted octanol–water partition coefficient (Wildman–Crippen LogP) is 2.14. The van der Waals surface area contributed by atoms with Gasteiger partial charge in [-0.05, 0) is 43.5 Å². The van der Waals surface area contributed by atoms with Crippen LogP contribution in [0.2, 0.25) is 0 Å². The van der Waals surface area contributed by atoms with Gasteiger partial charge in [-0.25, -0.2) is 0 Å². The summed E-state index contributed by atoms with van der Waals surface area (Å²) in [7, 11) is 0. The molecule has 1 aromatic rings. The molecule has 1 aliphatic heterocycles. The van der Waals surface area contributed by atoms with Crippen LogP contribution in [0.1, 0.15) is 48.5 Å². The summed E-state index contributed by atoms with van der Waals surface area (Å²) in [5, 5.41) is 3.15. The number of carbonyl (C=O) groups excluding carboxylic acids is 1. The third kappa shape index (κ3) is 4.83. The van der Waals surface area contributed by atoms with E-state index >= 15 is 0 Å². The van der Waals surface area contributed by atoms with Crippen molar-refractivity contribution in [2.75, 3.05) is 19.6 Å². The third-order valence-electron chi connectivity index (χ3n) is 4.20. The molecule has 0 radical (unpaired) electrons. The largest absolute Gasteiger partial charge is 0.349 e. The van der Waals surface area contributed by atoms with Crippen LogP contribution in [0, 0.1) is 0 Å². The fraction of sp³-hybridized carbons (Fsp3) is 0.588. The summed E-state index contributed by atoms with van der Waals surface area (Å²) in [6, 6.07) is 7.86. The first-order chi connectivity index (χ1) is 10.2. The van der Waals surface area contributed by atoms with Crippen LogP contribution in [0.15, 0.2) is 24.3 Å². The lowest BCUT2D eigenvalue weighted by molar-refractivity contribution is 0.0911. The fourth-order valence-electron chi connectivity index (χ4n) is 2.74. The van der Waals surface area contributed by atoms with Gasteiger partial charge < -0.3 is 16.0 Å². The second-order valence-corrected chi connectivity index (χ2v) is 5.84. The van der Waals surface area contributed by atoms with Gasteiger partial charge in [-0.3, -0.25) is 4.79 Å². The van der Waals surface area contributed by atoms with Gasteiger partial charge >= 0.3 is 0 Å². The SMILES string of the molecule is CCCCN1CCC(NC(=O)c2ccc(CN)cc2)CC1. The van der Waals surface area contributed by atoms with Crippen molar-refractivity contribution in [3.05, 3.63) is 35.4 Å². The zero-order chi connectivity index (χ0) is 15.1. The molecule has 1 heterocycles. The van der Waals surface area contributed by atoms with Crippen molar-refractivity contribution in [2.45, 2.75) is 45.2 Å². The van der Waals surface area contributed by atoms with Crippen molar-refractivity contribution < 1.29 is 4.79 Å². The van der Waals surface area contributed by atoms with Gasteiger partial charge in [-0.2, -0.15) is 0 Å². The van der Waals surface area contributed by atoms with Crippen LogP contribution in [0.25, 0.3) is 0 Å². The van der Waals surface area contributed by atoms with E-state index in [1.54, 1.807) is 0 Å². The Balaban J connectivity index is 1.78. The lowest BCUT2D eigenvalue weighted by Gasteiger charge is -2.32. The minimum absolute atomic E-state index is 0.0329. The van der Waals surface area contributed by atoms with E-state index in [1.165, 1.54) is 19.4 Å². The highest BCUT2D eigenvalue weighted by molar-refractivity contribution is 5.94. The highest BCUT2D eigenvalue weighted by Gasteiger charge is 2.20. The topological polar surface area (TPSA) is 58.4 Å². The van der Waals surface area contributed by atoms with E-state index in [0.29, 0.717) is 12.6 Å². The molecule has 4 nitrogen and oxygen atoms in total. The van der Waals surface area contributed by atoms with Gasteiger partial charge in [0.15, 0.2) is 0 Å². The third-order valence-corrected chi connectivity index (χ3v) is 4.20. The van der Waals surface area contributed by atoms with Crippen LogP contribution in [0.3, 0.4) is 0 Å². The summed E-state index contributed by atoms with van der Waals surface area (Å²) in [4.78, 5) is 14.7. The number of hydrogen-bond acceptors (Lipinski definition) is 3. The molecule has 2 rings (SSSR count). The summed E-state index contributed by atoms with van der Waals surface area (Å²) < 4.78 is 0.